The van der Waals surface area contributed by atoms with Crippen molar-refractivity contribution in [2.24, 2.45) is 10.9 Å². The molecule has 0 radical (unpaired) electrons. The number of hydrogen-bond donors (Lipinski definition) is 0. The van der Waals surface area contributed by atoms with Crippen molar-refractivity contribution in [1.82, 2.24) is 4.57 Å². The molecular weight excluding hydrogens is 548 g/mol. The molecule has 4 rings (SSSR count). The second-order valence-electron chi connectivity index (χ2n) is 9.74. The summed E-state index contributed by atoms with van der Waals surface area (Å²) in [6.45, 7) is 8.34. The smallest absolute Gasteiger partial charge is 0.338 e. The second kappa shape index (κ2) is 12.3. The van der Waals surface area contributed by atoms with E-state index in [-0.39, 0.29) is 35.2 Å². The van der Waals surface area contributed by atoms with Gasteiger partial charge in [0.05, 0.1) is 35.6 Å². The average Bonchev–Trinajstić information content (AvgIpc) is 3.20. The van der Waals surface area contributed by atoms with Crippen LogP contribution in [0.3, 0.4) is 0 Å². The zero-order chi connectivity index (χ0) is 29.8. The molecule has 2 heterocycles. The third-order valence-corrected chi connectivity index (χ3v) is 6.95. The van der Waals surface area contributed by atoms with Crippen LogP contribution in [-0.2, 0) is 19.1 Å². The Balaban J connectivity index is 1.90. The van der Waals surface area contributed by atoms with Crippen molar-refractivity contribution in [2.75, 3.05) is 13.7 Å². The lowest BCUT2D eigenvalue weighted by atomic mass is 9.95. The lowest BCUT2D eigenvalue weighted by molar-refractivity contribution is -0.140. The van der Waals surface area contributed by atoms with Gasteiger partial charge in [0.15, 0.2) is 16.3 Å². The van der Waals surface area contributed by atoms with Crippen molar-refractivity contribution in [3.05, 3.63) is 84.5 Å². The van der Waals surface area contributed by atoms with E-state index in [0.29, 0.717) is 31.9 Å². The largest absolute Gasteiger partial charge is 0.493 e. The van der Waals surface area contributed by atoms with Crippen LogP contribution in [-0.4, -0.2) is 36.2 Å². The van der Waals surface area contributed by atoms with Crippen molar-refractivity contribution >= 4 is 35.3 Å². The van der Waals surface area contributed by atoms with Gasteiger partial charge in [0.1, 0.15) is 5.75 Å². The minimum atomic E-state index is -0.888. The third-order valence-electron chi connectivity index (χ3n) is 5.96. The molecule has 0 fully saturated rings. The number of fused-ring (bicyclic) bond motifs is 1. The SMILES string of the molecule is COc1cc([C@@H]2C(C(=O)OCC(C)C)=C(C)N=c3s/c(=C/c4cccc(OC(C)=O)c4)c(=O)n32)ccc1OC(C)=O. The molecule has 41 heavy (non-hydrogen) atoms. The standard InChI is InChI=1S/C30H30N2O8S/c1-16(2)15-38-29(36)26-17(3)31-30-32(27(26)21-10-11-23(40-19(5)34)24(14-21)37-6)28(35)25(41-30)13-20-8-7-9-22(12-20)39-18(4)33/h7-14,16,27H,15H2,1-6H3/b25-13+/t27-/m1/s1. The normalized spacial score (nSPS) is 14.8. The fourth-order valence-corrected chi connectivity index (χ4v) is 5.34. The van der Waals surface area contributed by atoms with E-state index in [0.717, 1.165) is 0 Å². The van der Waals surface area contributed by atoms with E-state index in [1.807, 2.05) is 13.8 Å². The summed E-state index contributed by atoms with van der Waals surface area (Å²) in [4.78, 5) is 55.3. The zero-order valence-electron chi connectivity index (χ0n) is 23.5. The molecule has 2 aromatic carbocycles. The number of methoxy groups -OCH3 is 1. The van der Waals surface area contributed by atoms with E-state index < -0.39 is 23.9 Å². The number of aromatic nitrogens is 1. The molecule has 3 aromatic rings. The molecular formula is C30H30N2O8S. The highest BCUT2D eigenvalue weighted by molar-refractivity contribution is 7.07. The highest BCUT2D eigenvalue weighted by atomic mass is 32.1. The highest BCUT2D eigenvalue weighted by Crippen LogP contribution is 2.36. The van der Waals surface area contributed by atoms with Gasteiger partial charge in [0.2, 0.25) is 0 Å². The van der Waals surface area contributed by atoms with Crippen molar-refractivity contribution in [3.8, 4) is 17.2 Å². The van der Waals surface area contributed by atoms with Crippen molar-refractivity contribution in [3.63, 3.8) is 0 Å². The first-order chi connectivity index (χ1) is 19.5. The third kappa shape index (κ3) is 6.63. The highest BCUT2D eigenvalue weighted by Gasteiger charge is 2.34. The fraction of sp³-hybridized carbons (Fsp3) is 0.300. The van der Waals surface area contributed by atoms with Crippen molar-refractivity contribution < 1.29 is 33.3 Å². The van der Waals surface area contributed by atoms with Crippen LogP contribution in [0.1, 0.15) is 51.8 Å². The van der Waals surface area contributed by atoms with E-state index in [2.05, 4.69) is 4.99 Å². The first-order valence-corrected chi connectivity index (χ1v) is 13.6. The van der Waals surface area contributed by atoms with Gasteiger partial charge in [0, 0.05) is 13.8 Å². The predicted octanol–water partition coefficient (Wildman–Crippen LogP) is 3.29. The number of esters is 3. The van der Waals surface area contributed by atoms with Crippen LogP contribution in [0.4, 0.5) is 0 Å². The number of carbonyl (C=O) groups is 3. The molecule has 1 atom stereocenters. The Morgan fingerprint density at radius 1 is 1.05 bits per heavy atom. The van der Waals surface area contributed by atoms with E-state index in [9.17, 15) is 19.2 Å². The first-order valence-electron chi connectivity index (χ1n) is 12.8. The van der Waals surface area contributed by atoms with Gasteiger partial charge in [-0.05, 0) is 54.3 Å². The van der Waals surface area contributed by atoms with Crippen molar-refractivity contribution in [2.45, 2.75) is 40.7 Å². The minimum Gasteiger partial charge on any atom is -0.493 e. The van der Waals surface area contributed by atoms with E-state index in [1.54, 1.807) is 55.5 Å². The van der Waals surface area contributed by atoms with Crippen LogP contribution in [0.2, 0.25) is 0 Å². The summed E-state index contributed by atoms with van der Waals surface area (Å²) < 4.78 is 23.3. The van der Waals surface area contributed by atoms with Crippen LogP contribution in [0.15, 0.2) is 63.5 Å². The first kappa shape index (κ1) is 29.5. The predicted molar refractivity (Wildman–Crippen MR) is 152 cm³/mol. The molecule has 214 valence electrons. The molecule has 0 spiro atoms. The quantitative estimate of drug-likeness (QED) is 0.295. The van der Waals surface area contributed by atoms with Gasteiger partial charge < -0.3 is 18.9 Å². The van der Waals surface area contributed by atoms with Gasteiger partial charge in [-0.1, -0.05) is 43.4 Å². The maximum absolute atomic E-state index is 13.9. The van der Waals surface area contributed by atoms with Gasteiger partial charge in [0.25, 0.3) is 5.56 Å². The summed E-state index contributed by atoms with van der Waals surface area (Å²) in [5, 5.41) is 0. The molecule has 1 aliphatic rings. The second-order valence-corrected chi connectivity index (χ2v) is 10.8. The van der Waals surface area contributed by atoms with E-state index in [1.165, 1.54) is 36.9 Å². The minimum absolute atomic E-state index is 0.102. The molecule has 0 unspecified atom stereocenters. The number of benzene rings is 2. The molecule has 0 bridgehead atoms. The van der Waals surface area contributed by atoms with E-state index in [4.69, 9.17) is 18.9 Å². The summed E-state index contributed by atoms with van der Waals surface area (Å²) in [6.07, 6.45) is 1.67. The molecule has 11 heteroatoms. The van der Waals surface area contributed by atoms with Gasteiger partial charge in [-0.3, -0.25) is 19.0 Å². The molecule has 0 N–H and O–H groups in total. The topological polar surface area (TPSA) is 122 Å². The fourth-order valence-electron chi connectivity index (χ4n) is 4.30. The Morgan fingerprint density at radius 3 is 2.44 bits per heavy atom. The monoisotopic (exact) mass is 578 g/mol. The number of hydrogen-bond acceptors (Lipinski definition) is 10. The number of thiazole rings is 1. The van der Waals surface area contributed by atoms with Gasteiger partial charge in [-0.2, -0.15) is 0 Å². The molecule has 0 amide bonds. The van der Waals surface area contributed by atoms with Crippen LogP contribution >= 0.6 is 11.3 Å². The summed E-state index contributed by atoms with van der Waals surface area (Å²) in [5.41, 5.74) is 1.43. The number of allylic oxidation sites excluding steroid dienone is 1. The Bertz CT molecular complexity index is 1730. The number of rotatable bonds is 8. The molecule has 10 nitrogen and oxygen atoms in total. The van der Waals surface area contributed by atoms with Gasteiger partial charge >= 0.3 is 17.9 Å². The van der Waals surface area contributed by atoms with Crippen LogP contribution < -0.4 is 29.1 Å². The molecule has 0 saturated carbocycles. The molecule has 1 aromatic heterocycles. The lowest BCUT2D eigenvalue weighted by Crippen LogP contribution is -2.40. The average molecular weight is 579 g/mol. The number of nitrogens with zero attached hydrogens (tertiary/aromatic N) is 2. The molecule has 0 saturated heterocycles. The Labute approximate surface area is 240 Å². The number of carbonyl (C=O) groups excluding carboxylic acids is 3. The number of ether oxygens (including phenoxy) is 4. The summed E-state index contributed by atoms with van der Waals surface area (Å²) in [7, 11) is 1.43. The summed E-state index contributed by atoms with van der Waals surface area (Å²) in [6, 6.07) is 10.7. The zero-order valence-corrected chi connectivity index (χ0v) is 24.4. The van der Waals surface area contributed by atoms with E-state index >= 15 is 0 Å². The van der Waals surface area contributed by atoms with Gasteiger partial charge in [-0.15, -0.1) is 0 Å². The Kier molecular flexibility index (Phi) is 8.87. The lowest BCUT2D eigenvalue weighted by Gasteiger charge is -2.25. The van der Waals surface area contributed by atoms with Crippen LogP contribution in [0.25, 0.3) is 6.08 Å². The summed E-state index contributed by atoms with van der Waals surface area (Å²) >= 11 is 1.17. The molecule has 1 aliphatic heterocycles. The van der Waals surface area contributed by atoms with Crippen LogP contribution in [0, 0.1) is 5.92 Å². The van der Waals surface area contributed by atoms with Crippen molar-refractivity contribution in [1.29, 1.82) is 0 Å². The Morgan fingerprint density at radius 2 is 1.78 bits per heavy atom. The maximum Gasteiger partial charge on any atom is 0.338 e. The van der Waals surface area contributed by atoms with Crippen LogP contribution in [0.5, 0.6) is 17.2 Å². The van der Waals surface area contributed by atoms with Gasteiger partial charge in [-0.25, -0.2) is 9.79 Å². The maximum atomic E-state index is 13.9. The summed E-state index contributed by atoms with van der Waals surface area (Å²) in [5.74, 6) is -0.649. The Hall–Kier alpha value is -4.51. The molecule has 0 aliphatic carbocycles.